The molecule has 0 aromatic carbocycles. The van der Waals surface area contributed by atoms with E-state index in [-0.39, 0.29) is 12.4 Å². The van der Waals surface area contributed by atoms with Crippen molar-refractivity contribution in [3.8, 4) is 0 Å². The van der Waals surface area contributed by atoms with Gasteiger partial charge in [-0.25, -0.2) is 0 Å². The molecule has 0 amide bonds. The summed E-state index contributed by atoms with van der Waals surface area (Å²) in [6.07, 6.45) is 6.23. The smallest absolute Gasteiger partial charge is 0.0804 e. The number of nitrogens with zero attached hydrogens (tertiary/aromatic N) is 1. The van der Waals surface area contributed by atoms with Crippen LogP contribution >= 0.6 is 24.0 Å². The Balaban J connectivity index is 0.000000845. The van der Waals surface area contributed by atoms with E-state index in [1.165, 1.54) is 30.5 Å². The monoisotopic (exact) mass is 220 g/mol. The van der Waals surface area contributed by atoms with Gasteiger partial charge in [-0.1, -0.05) is 6.42 Å². The van der Waals surface area contributed by atoms with Crippen LogP contribution in [0.2, 0.25) is 0 Å². The second-order valence-corrected chi connectivity index (χ2v) is 3.59. The predicted octanol–water partition coefficient (Wildman–Crippen LogP) is 2.84. The van der Waals surface area contributed by atoms with Crippen LogP contribution in [0.1, 0.15) is 36.2 Å². The molecule has 0 unspecified atom stereocenters. The number of aromatic amines is 1. The van der Waals surface area contributed by atoms with E-state index in [0.29, 0.717) is 5.88 Å². The Labute approximate surface area is 89.5 Å². The van der Waals surface area contributed by atoms with Crippen molar-refractivity contribution in [1.29, 1.82) is 0 Å². The van der Waals surface area contributed by atoms with E-state index in [4.69, 9.17) is 11.6 Å². The molecule has 1 aliphatic carbocycles. The molecule has 4 heteroatoms. The fourth-order valence-electron chi connectivity index (χ4n) is 1.84. The van der Waals surface area contributed by atoms with E-state index in [1.807, 2.05) is 0 Å². The van der Waals surface area contributed by atoms with E-state index in [2.05, 4.69) is 10.2 Å². The molecule has 0 spiro atoms. The molecule has 1 N–H and O–H groups in total. The van der Waals surface area contributed by atoms with Gasteiger partial charge in [0, 0.05) is 5.69 Å². The minimum absolute atomic E-state index is 0. The molecule has 1 heterocycles. The first-order chi connectivity index (χ1) is 5.92. The van der Waals surface area contributed by atoms with Gasteiger partial charge in [-0.2, -0.15) is 5.10 Å². The minimum Gasteiger partial charge on any atom is -0.282 e. The van der Waals surface area contributed by atoms with Gasteiger partial charge in [-0.15, -0.1) is 24.0 Å². The number of alkyl halides is 1. The van der Waals surface area contributed by atoms with Crippen molar-refractivity contribution < 1.29 is 0 Å². The number of rotatable bonds is 1. The second-order valence-electron chi connectivity index (χ2n) is 3.32. The Hall–Kier alpha value is -0.210. The highest BCUT2D eigenvalue weighted by atomic mass is 35.5. The van der Waals surface area contributed by atoms with Crippen molar-refractivity contribution in [2.75, 3.05) is 0 Å². The van der Waals surface area contributed by atoms with Crippen molar-refractivity contribution in [1.82, 2.24) is 10.2 Å². The maximum Gasteiger partial charge on any atom is 0.0804 e. The fourth-order valence-corrected chi connectivity index (χ4v) is 2.06. The van der Waals surface area contributed by atoms with Gasteiger partial charge in [0.15, 0.2) is 0 Å². The summed E-state index contributed by atoms with van der Waals surface area (Å²) < 4.78 is 0. The highest BCUT2D eigenvalue weighted by Gasteiger charge is 2.14. The van der Waals surface area contributed by atoms with Gasteiger partial charge in [-0.3, -0.25) is 5.10 Å². The molecule has 0 saturated carbocycles. The van der Waals surface area contributed by atoms with Gasteiger partial charge in [0.1, 0.15) is 0 Å². The molecular formula is C9H14Cl2N2. The maximum atomic E-state index is 5.78. The van der Waals surface area contributed by atoms with Crippen LogP contribution < -0.4 is 0 Å². The number of halogens is 2. The molecule has 0 atom stereocenters. The molecule has 13 heavy (non-hydrogen) atoms. The van der Waals surface area contributed by atoms with E-state index in [1.54, 1.807) is 0 Å². The Morgan fingerprint density at radius 2 is 2.00 bits per heavy atom. The number of nitrogens with one attached hydrogen (secondary N) is 1. The minimum atomic E-state index is 0. The largest absolute Gasteiger partial charge is 0.282 e. The number of H-pyrrole nitrogens is 1. The SMILES string of the molecule is Cl.ClCc1n[nH]c2c1CCCCC2. The molecule has 74 valence electrons. The van der Waals surface area contributed by atoms with Crippen LogP contribution in [0.15, 0.2) is 0 Å². The molecular weight excluding hydrogens is 207 g/mol. The third kappa shape index (κ3) is 2.18. The fraction of sp³-hybridized carbons (Fsp3) is 0.667. The van der Waals surface area contributed by atoms with Crippen LogP contribution in [0.3, 0.4) is 0 Å². The molecule has 0 fully saturated rings. The van der Waals surface area contributed by atoms with Crippen molar-refractivity contribution in [3.05, 3.63) is 17.0 Å². The zero-order valence-electron chi connectivity index (χ0n) is 7.48. The number of fused-ring (bicyclic) bond motifs is 1. The summed E-state index contributed by atoms with van der Waals surface area (Å²) in [5.74, 6) is 0.547. The average molecular weight is 221 g/mol. The van der Waals surface area contributed by atoms with E-state index < -0.39 is 0 Å². The Morgan fingerprint density at radius 3 is 2.77 bits per heavy atom. The van der Waals surface area contributed by atoms with Crippen molar-refractivity contribution in [2.24, 2.45) is 0 Å². The Morgan fingerprint density at radius 1 is 1.23 bits per heavy atom. The van der Waals surface area contributed by atoms with Gasteiger partial charge in [0.05, 0.1) is 11.6 Å². The summed E-state index contributed by atoms with van der Waals surface area (Å²) in [6, 6.07) is 0. The number of aromatic nitrogens is 2. The summed E-state index contributed by atoms with van der Waals surface area (Å²) in [6.45, 7) is 0. The van der Waals surface area contributed by atoms with Crippen molar-refractivity contribution in [2.45, 2.75) is 38.0 Å². The molecule has 0 aliphatic heterocycles. The molecule has 1 aromatic heterocycles. The molecule has 0 radical (unpaired) electrons. The second kappa shape index (κ2) is 4.87. The standard InChI is InChI=1S/C9H13ClN2.ClH/c10-6-9-7-4-2-1-3-5-8(7)11-12-9;/h1-6H2,(H,11,12);1H. The normalized spacial score (nSPS) is 15.8. The van der Waals surface area contributed by atoms with E-state index >= 15 is 0 Å². The predicted molar refractivity (Wildman–Crippen MR) is 56.7 cm³/mol. The zero-order valence-corrected chi connectivity index (χ0v) is 9.05. The number of hydrogen-bond donors (Lipinski definition) is 1. The van der Waals surface area contributed by atoms with Gasteiger partial charge < -0.3 is 0 Å². The topological polar surface area (TPSA) is 28.7 Å². The van der Waals surface area contributed by atoms with Gasteiger partial charge in [0.25, 0.3) is 0 Å². The molecule has 2 nitrogen and oxygen atoms in total. The summed E-state index contributed by atoms with van der Waals surface area (Å²) >= 11 is 5.78. The molecule has 0 bridgehead atoms. The van der Waals surface area contributed by atoms with Crippen LogP contribution in [0.5, 0.6) is 0 Å². The number of aryl methyl sites for hydroxylation is 1. The summed E-state index contributed by atoms with van der Waals surface area (Å²) in [7, 11) is 0. The molecule has 1 aliphatic rings. The first kappa shape index (κ1) is 10.9. The lowest BCUT2D eigenvalue weighted by atomic mass is 10.1. The van der Waals surface area contributed by atoms with Gasteiger partial charge in [-0.05, 0) is 31.2 Å². The Kier molecular flexibility index (Phi) is 4.07. The third-order valence-corrected chi connectivity index (χ3v) is 2.77. The lowest BCUT2D eigenvalue weighted by Crippen LogP contribution is -1.89. The molecule has 0 saturated heterocycles. The summed E-state index contributed by atoms with van der Waals surface area (Å²) in [5, 5.41) is 7.28. The van der Waals surface area contributed by atoms with Crippen molar-refractivity contribution in [3.63, 3.8) is 0 Å². The highest BCUT2D eigenvalue weighted by molar-refractivity contribution is 6.17. The van der Waals surface area contributed by atoms with Gasteiger partial charge in [0.2, 0.25) is 0 Å². The van der Waals surface area contributed by atoms with Crippen molar-refractivity contribution >= 4 is 24.0 Å². The summed E-state index contributed by atoms with van der Waals surface area (Å²) in [4.78, 5) is 0. The average Bonchev–Trinajstić information content (AvgIpc) is 2.33. The molecule has 2 rings (SSSR count). The van der Waals surface area contributed by atoms with Crippen LogP contribution in [-0.2, 0) is 18.7 Å². The highest BCUT2D eigenvalue weighted by Crippen LogP contribution is 2.22. The van der Waals surface area contributed by atoms with Crippen LogP contribution in [0, 0.1) is 0 Å². The first-order valence-corrected chi connectivity index (χ1v) is 5.06. The lowest BCUT2D eigenvalue weighted by Gasteiger charge is -1.96. The van der Waals surface area contributed by atoms with Crippen LogP contribution in [0.4, 0.5) is 0 Å². The van der Waals surface area contributed by atoms with E-state index in [9.17, 15) is 0 Å². The summed E-state index contributed by atoms with van der Waals surface area (Å²) in [5.41, 5.74) is 3.78. The molecule has 1 aromatic rings. The lowest BCUT2D eigenvalue weighted by molar-refractivity contribution is 0.700. The number of hydrogen-bond acceptors (Lipinski definition) is 1. The zero-order chi connectivity index (χ0) is 8.39. The first-order valence-electron chi connectivity index (χ1n) is 4.53. The van der Waals surface area contributed by atoms with Crippen LogP contribution in [-0.4, -0.2) is 10.2 Å². The Bertz CT molecular complexity index is 271. The quantitative estimate of drug-likeness (QED) is 0.573. The van der Waals surface area contributed by atoms with Gasteiger partial charge >= 0.3 is 0 Å². The third-order valence-electron chi connectivity index (χ3n) is 2.52. The maximum absolute atomic E-state index is 5.78. The van der Waals surface area contributed by atoms with Crippen LogP contribution in [0.25, 0.3) is 0 Å². The van der Waals surface area contributed by atoms with E-state index in [0.717, 1.165) is 18.5 Å².